The molecule has 3 nitrogen and oxygen atoms in total. The van der Waals surface area contributed by atoms with Gasteiger partial charge in [0.05, 0.1) is 17.0 Å². The van der Waals surface area contributed by atoms with E-state index in [2.05, 4.69) is 5.10 Å². The Kier molecular flexibility index (Phi) is 3.26. The molecule has 0 N–H and O–H groups in total. The molecule has 0 radical (unpaired) electrons. The number of nitrogens with zero attached hydrogens (tertiary/aromatic N) is 2. The van der Waals surface area contributed by atoms with Crippen molar-refractivity contribution in [2.45, 2.75) is 20.8 Å². The van der Waals surface area contributed by atoms with Gasteiger partial charge in [0.2, 0.25) is 0 Å². The zero-order chi connectivity index (χ0) is 13.3. The molecule has 1 heterocycles. The molecule has 1 amide bonds. The molecule has 0 atom stereocenters. The van der Waals surface area contributed by atoms with Crippen molar-refractivity contribution in [2.24, 2.45) is 10.5 Å². The van der Waals surface area contributed by atoms with Crippen LogP contribution in [0.4, 0.5) is 5.69 Å². The minimum absolute atomic E-state index is 0.180. The van der Waals surface area contributed by atoms with Gasteiger partial charge in [0.25, 0.3) is 5.91 Å². The number of hydrogen-bond acceptors (Lipinski definition) is 2. The van der Waals surface area contributed by atoms with Gasteiger partial charge >= 0.3 is 0 Å². The summed E-state index contributed by atoms with van der Waals surface area (Å²) in [7, 11) is 0. The van der Waals surface area contributed by atoms with Crippen LogP contribution in [0.15, 0.2) is 46.5 Å². The molecule has 1 aliphatic heterocycles. The molecule has 94 valence electrons. The molecule has 1 aliphatic rings. The highest BCUT2D eigenvalue weighted by Gasteiger charge is 2.36. The SMILES string of the molecule is CC(C)(C)C1=NN(c2ccccc2)C(=O)/C1=C/Cl. The Balaban J connectivity index is 2.47. The van der Waals surface area contributed by atoms with Crippen LogP contribution in [0.1, 0.15) is 20.8 Å². The summed E-state index contributed by atoms with van der Waals surface area (Å²) in [6, 6.07) is 9.34. The maximum Gasteiger partial charge on any atom is 0.281 e. The predicted octanol–water partition coefficient (Wildman–Crippen LogP) is 3.56. The molecule has 0 aliphatic carbocycles. The van der Waals surface area contributed by atoms with Gasteiger partial charge in [-0.15, -0.1) is 0 Å². The van der Waals surface area contributed by atoms with Gasteiger partial charge in [-0.2, -0.15) is 10.1 Å². The number of carbonyl (C=O) groups is 1. The van der Waals surface area contributed by atoms with E-state index in [9.17, 15) is 4.79 Å². The van der Waals surface area contributed by atoms with Crippen LogP contribution in [-0.4, -0.2) is 11.6 Å². The van der Waals surface area contributed by atoms with Crippen LogP contribution >= 0.6 is 11.6 Å². The van der Waals surface area contributed by atoms with E-state index in [0.717, 1.165) is 5.69 Å². The molecule has 1 aromatic rings. The monoisotopic (exact) mass is 262 g/mol. The average molecular weight is 263 g/mol. The van der Waals surface area contributed by atoms with Gasteiger partial charge in [-0.3, -0.25) is 4.79 Å². The van der Waals surface area contributed by atoms with Crippen molar-refractivity contribution in [3.63, 3.8) is 0 Å². The fourth-order valence-electron chi connectivity index (χ4n) is 1.81. The van der Waals surface area contributed by atoms with E-state index in [1.54, 1.807) is 0 Å². The number of hydrazone groups is 1. The summed E-state index contributed by atoms with van der Waals surface area (Å²) in [5.41, 5.74) is 3.02. The molecule has 0 spiro atoms. The van der Waals surface area contributed by atoms with Gasteiger partial charge in [-0.05, 0) is 12.1 Å². The van der Waals surface area contributed by atoms with Crippen LogP contribution in [0.5, 0.6) is 0 Å². The van der Waals surface area contributed by atoms with E-state index < -0.39 is 0 Å². The molecule has 0 aromatic heterocycles. The average Bonchev–Trinajstić information content (AvgIpc) is 2.67. The van der Waals surface area contributed by atoms with Crippen molar-refractivity contribution in [1.29, 1.82) is 0 Å². The van der Waals surface area contributed by atoms with Crippen molar-refractivity contribution in [3.8, 4) is 0 Å². The lowest BCUT2D eigenvalue weighted by Gasteiger charge is -2.17. The Morgan fingerprint density at radius 2 is 1.83 bits per heavy atom. The minimum Gasteiger partial charge on any atom is -0.267 e. The number of carbonyl (C=O) groups excluding carboxylic acids is 1. The summed E-state index contributed by atoms with van der Waals surface area (Å²) in [4.78, 5) is 12.3. The van der Waals surface area contributed by atoms with E-state index in [1.165, 1.54) is 10.5 Å². The molecule has 4 heteroatoms. The summed E-state index contributed by atoms with van der Waals surface area (Å²) < 4.78 is 0. The lowest BCUT2D eigenvalue weighted by Crippen LogP contribution is -2.23. The zero-order valence-electron chi connectivity index (χ0n) is 10.6. The second-order valence-corrected chi connectivity index (χ2v) is 5.39. The van der Waals surface area contributed by atoms with Gasteiger partial charge in [0.15, 0.2) is 0 Å². The van der Waals surface area contributed by atoms with E-state index in [-0.39, 0.29) is 11.3 Å². The summed E-state index contributed by atoms with van der Waals surface area (Å²) >= 11 is 5.77. The Bertz CT molecular complexity index is 526. The lowest BCUT2D eigenvalue weighted by atomic mass is 9.86. The van der Waals surface area contributed by atoms with Gasteiger partial charge in [0.1, 0.15) is 0 Å². The van der Waals surface area contributed by atoms with Gasteiger partial charge in [0, 0.05) is 11.0 Å². The second kappa shape index (κ2) is 4.58. The first-order chi connectivity index (χ1) is 8.45. The fourth-order valence-corrected chi connectivity index (χ4v) is 2.01. The Morgan fingerprint density at radius 3 is 2.28 bits per heavy atom. The van der Waals surface area contributed by atoms with E-state index in [1.807, 2.05) is 51.1 Å². The maximum absolute atomic E-state index is 12.3. The van der Waals surface area contributed by atoms with E-state index in [0.29, 0.717) is 11.3 Å². The molecular formula is C14H15ClN2O. The van der Waals surface area contributed by atoms with Crippen LogP contribution in [-0.2, 0) is 4.79 Å². The zero-order valence-corrected chi connectivity index (χ0v) is 11.4. The highest BCUT2D eigenvalue weighted by atomic mass is 35.5. The number of amides is 1. The van der Waals surface area contributed by atoms with Gasteiger partial charge in [-0.25, -0.2) is 0 Å². The number of hydrogen-bond donors (Lipinski definition) is 0. The van der Waals surface area contributed by atoms with Crippen molar-refractivity contribution in [1.82, 2.24) is 0 Å². The molecular weight excluding hydrogens is 248 g/mol. The highest BCUT2D eigenvalue weighted by Crippen LogP contribution is 2.31. The van der Waals surface area contributed by atoms with Gasteiger partial charge in [-0.1, -0.05) is 50.6 Å². The molecule has 0 unspecified atom stereocenters. The van der Waals surface area contributed by atoms with Crippen molar-refractivity contribution in [3.05, 3.63) is 41.4 Å². The largest absolute Gasteiger partial charge is 0.281 e. The number of rotatable bonds is 1. The van der Waals surface area contributed by atoms with E-state index in [4.69, 9.17) is 11.6 Å². The summed E-state index contributed by atoms with van der Waals surface area (Å²) in [6.45, 7) is 6.02. The quantitative estimate of drug-likeness (QED) is 0.713. The van der Waals surface area contributed by atoms with Crippen LogP contribution < -0.4 is 5.01 Å². The Hall–Kier alpha value is -1.61. The highest BCUT2D eigenvalue weighted by molar-refractivity contribution is 6.38. The first-order valence-electron chi connectivity index (χ1n) is 5.74. The van der Waals surface area contributed by atoms with Gasteiger partial charge < -0.3 is 0 Å². The number of halogens is 1. The predicted molar refractivity (Wildman–Crippen MR) is 74.8 cm³/mol. The number of para-hydroxylation sites is 1. The Labute approximate surface area is 112 Å². The molecule has 0 bridgehead atoms. The van der Waals surface area contributed by atoms with Crippen LogP contribution in [0, 0.1) is 5.41 Å². The molecule has 18 heavy (non-hydrogen) atoms. The first kappa shape index (κ1) is 12.8. The van der Waals surface area contributed by atoms with Crippen LogP contribution in [0.25, 0.3) is 0 Å². The molecule has 0 saturated carbocycles. The molecule has 0 fully saturated rings. The van der Waals surface area contributed by atoms with Crippen LogP contribution in [0.2, 0.25) is 0 Å². The number of anilines is 1. The smallest absolute Gasteiger partial charge is 0.267 e. The molecule has 2 rings (SSSR count). The molecule has 1 aromatic carbocycles. The lowest BCUT2D eigenvalue weighted by molar-refractivity contribution is -0.114. The normalized spacial score (nSPS) is 18.4. The fraction of sp³-hybridized carbons (Fsp3) is 0.286. The first-order valence-corrected chi connectivity index (χ1v) is 6.18. The second-order valence-electron chi connectivity index (χ2n) is 5.17. The van der Waals surface area contributed by atoms with Crippen molar-refractivity contribution < 1.29 is 4.79 Å². The van der Waals surface area contributed by atoms with Crippen LogP contribution in [0.3, 0.4) is 0 Å². The topological polar surface area (TPSA) is 32.7 Å². The molecule has 0 saturated heterocycles. The van der Waals surface area contributed by atoms with E-state index >= 15 is 0 Å². The summed E-state index contributed by atoms with van der Waals surface area (Å²) in [5.74, 6) is -0.180. The third-order valence-electron chi connectivity index (χ3n) is 2.70. The van der Waals surface area contributed by atoms with Crippen molar-refractivity contribution in [2.75, 3.05) is 5.01 Å². The minimum atomic E-state index is -0.222. The van der Waals surface area contributed by atoms with Crippen molar-refractivity contribution >= 4 is 28.9 Å². The maximum atomic E-state index is 12.3. The summed E-state index contributed by atoms with van der Waals surface area (Å²) in [5, 5.41) is 5.81. The number of benzene rings is 1. The standard InChI is InChI=1S/C14H15ClN2O/c1-14(2,3)12-11(9-15)13(18)17(16-12)10-7-5-4-6-8-10/h4-9H,1-3H3/b11-9+. The summed E-state index contributed by atoms with van der Waals surface area (Å²) in [6.07, 6.45) is 0. The third-order valence-corrected chi connectivity index (χ3v) is 2.92. The third kappa shape index (κ3) is 2.18. The Morgan fingerprint density at radius 1 is 1.22 bits per heavy atom.